The van der Waals surface area contributed by atoms with Crippen molar-refractivity contribution in [1.82, 2.24) is 0 Å². The summed E-state index contributed by atoms with van der Waals surface area (Å²) in [7, 11) is -4.24. The van der Waals surface area contributed by atoms with Gasteiger partial charge in [0.25, 0.3) is 0 Å². The van der Waals surface area contributed by atoms with Crippen LogP contribution in [0.5, 0.6) is 0 Å². The van der Waals surface area contributed by atoms with Gasteiger partial charge in [-0.3, -0.25) is 4.55 Å². The fourth-order valence-electron chi connectivity index (χ4n) is 2.11. The molecule has 0 aliphatic rings. The third-order valence-electron chi connectivity index (χ3n) is 3.23. The molecule has 0 aromatic heterocycles. The summed E-state index contributed by atoms with van der Waals surface area (Å²) >= 11 is 0. The van der Waals surface area contributed by atoms with Crippen molar-refractivity contribution in [3.63, 3.8) is 0 Å². The Hall–Kier alpha value is 1.51. The summed E-state index contributed by atoms with van der Waals surface area (Å²) in [5, 5.41) is 0. The van der Waals surface area contributed by atoms with Crippen LogP contribution in [0.25, 0.3) is 0 Å². The summed E-state index contributed by atoms with van der Waals surface area (Å²) in [6.45, 7) is 2.33. The molecule has 0 unspecified atom stereocenters. The molecule has 0 aromatic carbocycles. The fraction of sp³-hybridized carbons (Fsp3) is 1.00. The minimum atomic E-state index is -4.24. The van der Waals surface area contributed by atoms with Crippen LogP contribution in [0.1, 0.15) is 84.0 Å². The molecule has 1 radical (unpaired) electrons. The molecule has 4 nitrogen and oxygen atoms in total. The smallest absolute Gasteiger partial charge is 0.264 e. The molecule has 0 saturated carbocycles. The van der Waals surface area contributed by atoms with E-state index in [1.54, 1.807) is 0 Å². The molecule has 0 aliphatic heterocycles. The SMILES string of the molecule is CCCCCCCCCCCCCCOS(=O)(=O)O.[K]. The third-order valence-corrected chi connectivity index (χ3v) is 3.69. The Balaban J connectivity index is 0. The van der Waals surface area contributed by atoms with Crippen LogP contribution in [0, 0.1) is 0 Å². The van der Waals surface area contributed by atoms with Crippen LogP contribution in [0.4, 0.5) is 0 Å². The molecular formula is C14H30KO4S. The number of unbranched alkanes of at least 4 members (excludes halogenated alkanes) is 11. The summed E-state index contributed by atoms with van der Waals surface area (Å²) in [6.07, 6.45) is 14.7. The Labute approximate surface area is 167 Å². The first-order valence-electron chi connectivity index (χ1n) is 7.68. The van der Waals surface area contributed by atoms with Gasteiger partial charge in [-0.1, -0.05) is 77.6 Å². The largest absolute Gasteiger partial charge is 0.397 e. The zero-order chi connectivity index (χ0) is 14.4. The van der Waals surface area contributed by atoms with Gasteiger partial charge in [0, 0.05) is 51.4 Å². The molecule has 0 rings (SSSR count). The Morgan fingerprint density at radius 2 is 1.10 bits per heavy atom. The molecule has 0 amide bonds. The summed E-state index contributed by atoms with van der Waals surface area (Å²) in [5.74, 6) is 0. The maximum Gasteiger partial charge on any atom is 0.397 e. The molecule has 0 atom stereocenters. The minimum absolute atomic E-state index is 0. The first kappa shape index (κ1) is 23.8. The molecule has 0 saturated heterocycles. The molecule has 0 aromatic rings. The van der Waals surface area contributed by atoms with Gasteiger partial charge in [0.1, 0.15) is 0 Å². The second-order valence-electron chi connectivity index (χ2n) is 5.14. The summed E-state index contributed by atoms with van der Waals surface area (Å²) in [5.41, 5.74) is 0. The summed E-state index contributed by atoms with van der Waals surface area (Å²) < 4.78 is 33.1. The van der Waals surface area contributed by atoms with Crippen LogP contribution in [0.3, 0.4) is 0 Å². The quantitative estimate of drug-likeness (QED) is 0.295. The predicted octanol–water partition coefficient (Wildman–Crippen LogP) is 4.13. The van der Waals surface area contributed by atoms with Crippen LogP contribution in [0.2, 0.25) is 0 Å². The van der Waals surface area contributed by atoms with E-state index in [0.29, 0.717) is 6.42 Å². The maximum atomic E-state index is 10.3. The first-order valence-corrected chi connectivity index (χ1v) is 9.04. The van der Waals surface area contributed by atoms with Crippen molar-refractivity contribution in [2.75, 3.05) is 6.61 Å². The van der Waals surface area contributed by atoms with Crippen LogP contribution in [-0.4, -0.2) is 71.0 Å². The molecule has 0 aliphatic carbocycles. The van der Waals surface area contributed by atoms with Crippen LogP contribution >= 0.6 is 0 Å². The number of rotatable bonds is 14. The van der Waals surface area contributed by atoms with Crippen LogP contribution in [-0.2, 0) is 14.6 Å². The molecule has 117 valence electrons. The van der Waals surface area contributed by atoms with Gasteiger partial charge in [-0.25, -0.2) is 4.18 Å². The van der Waals surface area contributed by atoms with Crippen molar-refractivity contribution in [1.29, 1.82) is 0 Å². The van der Waals surface area contributed by atoms with Crippen LogP contribution < -0.4 is 0 Å². The van der Waals surface area contributed by atoms with Crippen molar-refractivity contribution in [3.8, 4) is 0 Å². The number of hydrogen-bond donors (Lipinski definition) is 1. The van der Waals surface area contributed by atoms with Gasteiger partial charge >= 0.3 is 10.4 Å². The van der Waals surface area contributed by atoms with Gasteiger partial charge in [0.05, 0.1) is 6.61 Å². The topological polar surface area (TPSA) is 63.6 Å². The summed E-state index contributed by atoms with van der Waals surface area (Å²) in [4.78, 5) is 0. The normalized spacial score (nSPS) is 11.3. The van der Waals surface area contributed by atoms with Crippen molar-refractivity contribution in [2.45, 2.75) is 84.0 Å². The second-order valence-corrected chi connectivity index (χ2v) is 6.23. The minimum Gasteiger partial charge on any atom is -0.264 e. The van der Waals surface area contributed by atoms with E-state index in [0.717, 1.165) is 12.8 Å². The second kappa shape index (κ2) is 16.9. The zero-order valence-corrected chi connectivity index (χ0v) is 17.2. The van der Waals surface area contributed by atoms with Crippen molar-refractivity contribution in [3.05, 3.63) is 0 Å². The third kappa shape index (κ3) is 21.8. The van der Waals surface area contributed by atoms with E-state index < -0.39 is 10.4 Å². The molecule has 0 bridgehead atoms. The Kier molecular flexibility index (Phi) is 20.0. The summed E-state index contributed by atoms with van der Waals surface area (Å²) in [6, 6.07) is 0. The van der Waals surface area contributed by atoms with Gasteiger partial charge in [0.2, 0.25) is 0 Å². The molecule has 20 heavy (non-hydrogen) atoms. The Morgan fingerprint density at radius 3 is 1.45 bits per heavy atom. The van der Waals surface area contributed by atoms with E-state index in [1.165, 1.54) is 57.8 Å². The maximum absolute atomic E-state index is 10.3. The van der Waals surface area contributed by atoms with E-state index >= 15 is 0 Å². The van der Waals surface area contributed by atoms with Gasteiger partial charge in [0.15, 0.2) is 0 Å². The van der Waals surface area contributed by atoms with Crippen LogP contribution in [0.15, 0.2) is 0 Å². The van der Waals surface area contributed by atoms with E-state index in [1.807, 2.05) is 0 Å². The average Bonchev–Trinajstić information content (AvgIpc) is 2.34. The van der Waals surface area contributed by atoms with Crippen molar-refractivity contribution >= 4 is 61.8 Å². The van der Waals surface area contributed by atoms with Gasteiger partial charge < -0.3 is 0 Å². The van der Waals surface area contributed by atoms with E-state index in [4.69, 9.17) is 4.55 Å². The van der Waals surface area contributed by atoms with Gasteiger partial charge in [-0.2, -0.15) is 8.42 Å². The standard InChI is InChI=1S/C14H30O4S.K/c1-2-3-4-5-6-7-8-9-10-11-12-13-14-18-19(15,16)17;/h2-14H2,1H3,(H,15,16,17);. The van der Waals surface area contributed by atoms with Gasteiger partial charge in [-0.15, -0.1) is 0 Å². The first-order chi connectivity index (χ1) is 9.06. The fourth-order valence-corrected chi connectivity index (χ4v) is 2.44. The molecule has 0 spiro atoms. The predicted molar refractivity (Wildman–Crippen MR) is 84.3 cm³/mol. The molecular weight excluding hydrogens is 303 g/mol. The molecule has 0 heterocycles. The van der Waals surface area contributed by atoms with E-state index in [9.17, 15) is 8.42 Å². The molecule has 0 fully saturated rings. The average molecular weight is 334 g/mol. The Bertz CT molecular complexity index is 281. The Morgan fingerprint density at radius 1 is 0.750 bits per heavy atom. The monoisotopic (exact) mass is 333 g/mol. The molecule has 6 heteroatoms. The van der Waals surface area contributed by atoms with Crippen molar-refractivity contribution in [2.24, 2.45) is 0 Å². The van der Waals surface area contributed by atoms with Crippen molar-refractivity contribution < 1.29 is 17.2 Å². The van der Waals surface area contributed by atoms with Gasteiger partial charge in [-0.05, 0) is 6.42 Å². The van der Waals surface area contributed by atoms with E-state index in [-0.39, 0.29) is 58.0 Å². The zero-order valence-electron chi connectivity index (χ0n) is 13.3. The number of hydrogen-bond acceptors (Lipinski definition) is 3. The van der Waals surface area contributed by atoms with E-state index in [2.05, 4.69) is 11.1 Å². The molecule has 1 N–H and O–H groups in total.